The standard InChI is InChI=1S/C21H22N2O4/c1-4-25-18-8-6-5-7-17(18)20-22-19(27-23-20)13-26-21(24)16-11-9-15(10-12-16)14(2)3/h5-12,14H,4,13H2,1-3H3. The van der Waals surface area contributed by atoms with Crippen LogP contribution >= 0.6 is 0 Å². The van der Waals surface area contributed by atoms with Crippen LogP contribution in [0.4, 0.5) is 0 Å². The minimum absolute atomic E-state index is 0.0887. The minimum atomic E-state index is -0.431. The Hall–Kier alpha value is -3.15. The number of aromatic nitrogens is 2. The molecule has 27 heavy (non-hydrogen) atoms. The first-order chi connectivity index (χ1) is 13.1. The van der Waals surface area contributed by atoms with Crippen LogP contribution in [0.1, 0.15) is 48.5 Å². The number of carbonyl (C=O) groups is 1. The van der Waals surface area contributed by atoms with Crippen LogP contribution in [0.3, 0.4) is 0 Å². The van der Waals surface area contributed by atoms with Gasteiger partial charge in [0.15, 0.2) is 6.61 Å². The normalized spacial score (nSPS) is 10.8. The summed E-state index contributed by atoms with van der Waals surface area (Å²) in [6.07, 6.45) is 0. The van der Waals surface area contributed by atoms with Crippen LogP contribution in [0.15, 0.2) is 53.1 Å². The second kappa shape index (κ2) is 8.49. The molecule has 0 amide bonds. The zero-order valence-corrected chi connectivity index (χ0v) is 15.6. The number of hydrogen-bond acceptors (Lipinski definition) is 6. The van der Waals surface area contributed by atoms with Gasteiger partial charge in [0.25, 0.3) is 5.89 Å². The van der Waals surface area contributed by atoms with Crippen molar-refractivity contribution < 1.29 is 18.8 Å². The Bertz CT molecular complexity index is 901. The Balaban J connectivity index is 1.65. The molecule has 1 heterocycles. The lowest BCUT2D eigenvalue weighted by atomic mass is 10.0. The fraction of sp³-hybridized carbons (Fsp3) is 0.286. The van der Waals surface area contributed by atoms with E-state index in [1.165, 1.54) is 5.56 Å². The summed E-state index contributed by atoms with van der Waals surface area (Å²) < 4.78 is 16.0. The van der Waals surface area contributed by atoms with E-state index >= 15 is 0 Å². The van der Waals surface area contributed by atoms with E-state index in [1.54, 1.807) is 12.1 Å². The van der Waals surface area contributed by atoms with E-state index in [-0.39, 0.29) is 12.5 Å². The Morgan fingerprint density at radius 2 is 1.85 bits per heavy atom. The second-order valence-corrected chi connectivity index (χ2v) is 6.29. The summed E-state index contributed by atoms with van der Waals surface area (Å²) in [5, 5.41) is 3.95. The predicted octanol–water partition coefficient (Wildman–Crippen LogP) is 4.62. The topological polar surface area (TPSA) is 74.5 Å². The van der Waals surface area contributed by atoms with Gasteiger partial charge in [0, 0.05) is 0 Å². The number of rotatable bonds is 7. The molecule has 0 aliphatic rings. The van der Waals surface area contributed by atoms with Gasteiger partial charge in [-0.3, -0.25) is 0 Å². The summed E-state index contributed by atoms with van der Waals surface area (Å²) in [5.74, 6) is 1.27. The lowest BCUT2D eigenvalue weighted by Gasteiger charge is -2.06. The molecule has 3 rings (SSSR count). The monoisotopic (exact) mass is 366 g/mol. The Kier molecular flexibility index (Phi) is 5.86. The second-order valence-electron chi connectivity index (χ2n) is 6.29. The molecule has 0 atom stereocenters. The van der Waals surface area contributed by atoms with Gasteiger partial charge in [0.2, 0.25) is 5.82 Å². The van der Waals surface area contributed by atoms with Gasteiger partial charge in [0.05, 0.1) is 17.7 Å². The van der Waals surface area contributed by atoms with Gasteiger partial charge >= 0.3 is 5.97 Å². The first-order valence-corrected chi connectivity index (χ1v) is 8.90. The SMILES string of the molecule is CCOc1ccccc1-c1noc(COC(=O)c2ccc(C(C)C)cc2)n1. The van der Waals surface area contributed by atoms with Gasteiger partial charge in [-0.15, -0.1) is 0 Å². The third kappa shape index (κ3) is 4.53. The largest absolute Gasteiger partial charge is 0.493 e. The van der Waals surface area contributed by atoms with Crippen molar-refractivity contribution in [2.24, 2.45) is 0 Å². The van der Waals surface area contributed by atoms with Crippen LogP contribution in [0.2, 0.25) is 0 Å². The zero-order chi connectivity index (χ0) is 19.2. The molecule has 6 nitrogen and oxygen atoms in total. The van der Waals surface area contributed by atoms with E-state index in [1.807, 2.05) is 43.3 Å². The van der Waals surface area contributed by atoms with Crippen molar-refractivity contribution in [3.05, 3.63) is 65.5 Å². The molecular formula is C21H22N2O4. The molecule has 0 saturated carbocycles. The number of ether oxygens (including phenoxy) is 2. The average molecular weight is 366 g/mol. The molecule has 3 aromatic rings. The Morgan fingerprint density at radius 1 is 1.11 bits per heavy atom. The zero-order valence-electron chi connectivity index (χ0n) is 15.6. The summed E-state index contributed by atoms with van der Waals surface area (Å²) in [6.45, 7) is 6.56. The van der Waals surface area contributed by atoms with E-state index in [2.05, 4.69) is 24.0 Å². The van der Waals surface area contributed by atoms with Crippen molar-refractivity contribution in [3.63, 3.8) is 0 Å². The summed E-state index contributed by atoms with van der Waals surface area (Å²) >= 11 is 0. The van der Waals surface area contributed by atoms with E-state index in [9.17, 15) is 4.79 Å². The number of carbonyl (C=O) groups excluding carboxylic acids is 1. The van der Waals surface area contributed by atoms with Crippen molar-refractivity contribution in [2.45, 2.75) is 33.3 Å². The van der Waals surface area contributed by atoms with Gasteiger partial charge < -0.3 is 14.0 Å². The number of benzene rings is 2. The van der Waals surface area contributed by atoms with Crippen molar-refractivity contribution in [2.75, 3.05) is 6.61 Å². The van der Waals surface area contributed by atoms with Crippen LogP contribution in [0.25, 0.3) is 11.4 Å². The van der Waals surface area contributed by atoms with Crippen LogP contribution < -0.4 is 4.74 Å². The molecule has 6 heteroatoms. The average Bonchev–Trinajstić information content (AvgIpc) is 3.16. The lowest BCUT2D eigenvalue weighted by molar-refractivity contribution is 0.0430. The highest BCUT2D eigenvalue weighted by Gasteiger charge is 2.15. The fourth-order valence-electron chi connectivity index (χ4n) is 2.57. The number of esters is 1. The lowest BCUT2D eigenvalue weighted by Crippen LogP contribution is -2.05. The van der Waals surface area contributed by atoms with Crippen LogP contribution in [-0.2, 0) is 11.3 Å². The third-order valence-corrected chi connectivity index (χ3v) is 4.04. The van der Waals surface area contributed by atoms with E-state index in [4.69, 9.17) is 14.0 Å². The summed E-state index contributed by atoms with van der Waals surface area (Å²) in [7, 11) is 0. The molecule has 0 aliphatic carbocycles. The molecule has 0 bridgehead atoms. The third-order valence-electron chi connectivity index (χ3n) is 4.04. The van der Waals surface area contributed by atoms with Gasteiger partial charge in [-0.2, -0.15) is 4.98 Å². The van der Waals surface area contributed by atoms with Crippen LogP contribution in [0, 0.1) is 0 Å². The molecule has 0 spiro atoms. The molecule has 2 aromatic carbocycles. The smallest absolute Gasteiger partial charge is 0.338 e. The highest BCUT2D eigenvalue weighted by molar-refractivity contribution is 5.89. The Morgan fingerprint density at radius 3 is 2.56 bits per heavy atom. The van der Waals surface area contributed by atoms with E-state index in [0.29, 0.717) is 29.7 Å². The maximum absolute atomic E-state index is 12.2. The summed E-state index contributed by atoms with van der Waals surface area (Å²) in [5.41, 5.74) is 2.38. The summed E-state index contributed by atoms with van der Waals surface area (Å²) in [4.78, 5) is 16.5. The van der Waals surface area contributed by atoms with Gasteiger partial charge in [-0.05, 0) is 42.7 Å². The molecule has 0 N–H and O–H groups in total. The van der Waals surface area contributed by atoms with Gasteiger partial charge in [-0.1, -0.05) is 43.3 Å². The fourth-order valence-corrected chi connectivity index (χ4v) is 2.57. The van der Waals surface area contributed by atoms with Crippen molar-refractivity contribution in [1.29, 1.82) is 0 Å². The highest BCUT2D eigenvalue weighted by Crippen LogP contribution is 2.27. The first kappa shape index (κ1) is 18.6. The van der Waals surface area contributed by atoms with Gasteiger partial charge in [-0.25, -0.2) is 4.79 Å². The predicted molar refractivity (Wildman–Crippen MR) is 101 cm³/mol. The quantitative estimate of drug-likeness (QED) is 0.568. The molecule has 0 radical (unpaired) electrons. The number of nitrogens with zero attached hydrogens (tertiary/aromatic N) is 2. The molecule has 1 aromatic heterocycles. The van der Waals surface area contributed by atoms with Crippen molar-refractivity contribution in [3.8, 4) is 17.1 Å². The van der Waals surface area contributed by atoms with Crippen LogP contribution in [-0.4, -0.2) is 22.7 Å². The van der Waals surface area contributed by atoms with Gasteiger partial charge in [0.1, 0.15) is 5.75 Å². The number of hydrogen-bond donors (Lipinski definition) is 0. The van der Waals surface area contributed by atoms with E-state index < -0.39 is 5.97 Å². The Labute approximate surface area is 158 Å². The highest BCUT2D eigenvalue weighted by atomic mass is 16.6. The number of para-hydroxylation sites is 1. The molecule has 140 valence electrons. The molecule has 0 unspecified atom stereocenters. The molecular weight excluding hydrogens is 344 g/mol. The maximum Gasteiger partial charge on any atom is 0.338 e. The molecule has 0 fully saturated rings. The first-order valence-electron chi connectivity index (χ1n) is 8.90. The van der Waals surface area contributed by atoms with Crippen molar-refractivity contribution in [1.82, 2.24) is 10.1 Å². The van der Waals surface area contributed by atoms with E-state index in [0.717, 1.165) is 5.56 Å². The van der Waals surface area contributed by atoms with Crippen LogP contribution in [0.5, 0.6) is 5.75 Å². The minimum Gasteiger partial charge on any atom is -0.493 e. The maximum atomic E-state index is 12.2. The molecule has 0 aliphatic heterocycles. The molecule has 0 saturated heterocycles. The summed E-state index contributed by atoms with van der Waals surface area (Å²) in [6, 6.07) is 14.8. The van der Waals surface area contributed by atoms with Crippen molar-refractivity contribution >= 4 is 5.97 Å².